The van der Waals surface area contributed by atoms with Crippen molar-refractivity contribution >= 4 is 33.2 Å². The molecular formula is C17H19ClN2O4S. The summed E-state index contributed by atoms with van der Waals surface area (Å²) in [7, 11) is -2.15. The van der Waals surface area contributed by atoms with Gasteiger partial charge in [0.05, 0.1) is 15.5 Å². The summed E-state index contributed by atoms with van der Waals surface area (Å²) < 4.78 is 32.1. The van der Waals surface area contributed by atoms with E-state index >= 15 is 0 Å². The number of halogens is 1. The first kappa shape index (κ1) is 19.2. The molecule has 6 nitrogen and oxygen atoms in total. The van der Waals surface area contributed by atoms with Crippen LogP contribution >= 0.6 is 11.6 Å². The first-order valence-corrected chi connectivity index (χ1v) is 9.45. The number of nitrogens with one attached hydrogen (secondary N) is 2. The van der Waals surface area contributed by atoms with Crippen LogP contribution in [0.25, 0.3) is 0 Å². The number of methoxy groups -OCH3 is 1. The largest absolute Gasteiger partial charge is 0.385 e. The minimum absolute atomic E-state index is 0.135. The Morgan fingerprint density at radius 1 is 1.16 bits per heavy atom. The van der Waals surface area contributed by atoms with Crippen molar-refractivity contribution in [2.24, 2.45) is 0 Å². The highest BCUT2D eigenvalue weighted by Crippen LogP contribution is 2.23. The molecule has 0 saturated heterocycles. The molecule has 134 valence electrons. The van der Waals surface area contributed by atoms with Crippen LogP contribution in [0.2, 0.25) is 5.02 Å². The number of ether oxygens (including phenoxy) is 1. The van der Waals surface area contributed by atoms with Gasteiger partial charge in [0.2, 0.25) is 0 Å². The number of rotatable bonds is 8. The van der Waals surface area contributed by atoms with E-state index in [-0.39, 0.29) is 27.1 Å². The van der Waals surface area contributed by atoms with Crippen LogP contribution in [-0.4, -0.2) is 34.6 Å². The van der Waals surface area contributed by atoms with Crippen LogP contribution in [0.15, 0.2) is 53.4 Å². The molecule has 0 spiro atoms. The van der Waals surface area contributed by atoms with Crippen molar-refractivity contribution in [3.05, 3.63) is 59.1 Å². The van der Waals surface area contributed by atoms with Gasteiger partial charge in [-0.3, -0.25) is 9.52 Å². The molecule has 0 aromatic heterocycles. The Bertz CT molecular complexity index is 826. The zero-order chi connectivity index (χ0) is 18.3. The Morgan fingerprint density at radius 2 is 1.88 bits per heavy atom. The van der Waals surface area contributed by atoms with Crippen molar-refractivity contribution < 1.29 is 17.9 Å². The molecule has 0 radical (unpaired) electrons. The standard InChI is InChI=1S/C17H19ClN2O4S/c1-24-11-5-10-19-17(21)15-12-13(8-9-16(15)18)20-25(22,23)14-6-3-2-4-7-14/h2-4,6-9,12,20H,5,10-11H2,1H3,(H,19,21). The minimum atomic E-state index is -3.73. The smallest absolute Gasteiger partial charge is 0.261 e. The summed E-state index contributed by atoms with van der Waals surface area (Å²) >= 11 is 6.06. The minimum Gasteiger partial charge on any atom is -0.385 e. The van der Waals surface area contributed by atoms with Gasteiger partial charge in [-0.2, -0.15) is 0 Å². The fourth-order valence-corrected chi connectivity index (χ4v) is 3.36. The maximum atomic E-state index is 12.4. The third-order valence-corrected chi connectivity index (χ3v) is 5.05. The Kier molecular flexibility index (Phi) is 6.81. The van der Waals surface area contributed by atoms with Crippen LogP contribution < -0.4 is 10.0 Å². The highest BCUT2D eigenvalue weighted by Gasteiger charge is 2.16. The van der Waals surface area contributed by atoms with Crippen molar-refractivity contribution in [1.29, 1.82) is 0 Å². The Hall–Kier alpha value is -2.09. The molecule has 25 heavy (non-hydrogen) atoms. The van der Waals surface area contributed by atoms with E-state index in [1.807, 2.05) is 0 Å². The van der Waals surface area contributed by atoms with Gasteiger partial charge in [-0.15, -0.1) is 0 Å². The number of hydrogen-bond acceptors (Lipinski definition) is 4. The van der Waals surface area contributed by atoms with E-state index in [1.54, 1.807) is 25.3 Å². The lowest BCUT2D eigenvalue weighted by atomic mass is 10.2. The van der Waals surface area contributed by atoms with Crippen LogP contribution in [0.1, 0.15) is 16.8 Å². The molecule has 0 unspecified atom stereocenters. The number of amides is 1. The van der Waals surface area contributed by atoms with Gasteiger partial charge in [0.15, 0.2) is 0 Å². The van der Waals surface area contributed by atoms with Crippen molar-refractivity contribution in [2.75, 3.05) is 25.0 Å². The molecule has 2 N–H and O–H groups in total. The second-order valence-electron chi connectivity index (χ2n) is 5.22. The van der Waals surface area contributed by atoms with Crippen LogP contribution in [-0.2, 0) is 14.8 Å². The topological polar surface area (TPSA) is 84.5 Å². The Morgan fingerprint density at radius 3 is 2.56 bits per heavy atom. The van der Waals surface area contributed by atoms with E-state index in [9.17, 15) is 13.2 Å². The second-order valence-corrected chi connectivity index (χ2v) is 7.31. The van der Waals surface area contributed by atoms with E-state index < -0.39 is 10.0 Å². The summed E-state index contributed by atoms with van der Waals surface area (Å²) in [6.07, 6.45) is 0.667. The summed E-state index contributed by atoms with van der Waals surface area (Å²) in [5.41, 5.74) is 0.461. The predicted octanol–water partition coefficient (Wildman–Crippen LogP) is 2.91. The van der Waals surface area contributed by atoms with Crippen LogP contribution in [0.3, 0.4) is 0 Å². The number of benzene rings is 2. The lowest BCUT2D eigenvalue weighted by Gasteiger charge is -2.11. The third-order valence-electron chi connectivity index (χ3n) is 3.33. The number of carbonyl (C=O) groups is 1. The van der Waals surface area contributed by atoms with Crippen LogP contribution in [0.5, 0.6) is 0 Å². The molecule has 0 aliphatic carbocycles. The fourth-order valence-electron chi connectivity index (χ4n) is 2.09. The van der Waals surface area contributed by atoms with E-state index in [1.165, 1.54) is 30.3 Å². The maximum Gasteiger partial charge on any atom is 0.261 e. The first-order chi connectivity index (χ1) is 11.9. The molecule has 1 amide bonds. The fraction of sp³-hybridized carbons (Fsp3) is 0.235. The maximum absolute atomic E-state index is 12.4. The molecule has 0 atom stereocenters. The highest BCUT2D eigenvalue weighted by molar-refractivity contribution is 7.92. The molecule has 0 saturated carbocycles. The number of carbonyl (C=O) groups excluding carboxylic acids is 1. The van der Waals surface area contributed by atoms with Crippen LogP contribution in [0, 0.1) is 0 Å². The molecule has 2 rings (SSSR count). The Labute approximate surface area is 152 Å². The third kappa shape index (κ3) is 5.45. The molecule has 2 aromatic rings. The molecule has 0 aliphatic heterocycles. The molecule has 8 heteroatoms. The molecule has 0 heterocycles. The van der Waals surface area contributed by atoms with E-state index in [2.05, 4.69) is 10.0 Å². The van der Waals surface area contributed by atoms with Gasteiger partial charge >= 0.3 is 0 Å². The summed E-state index contributed by atoms with van der Waals surface area (Å²) in [5, 5.41) is 2.96. The summed E-state index contributed by atoms with van der Waals surface area (Å²) in [4.78, 5) is 12.3. The average molecular weight is 383 g/mol. The van der Waals surface area contributed by atoms with E-state index in [0.717, 1.165) is 0 Å². The lowest BCUT2D eigenvalue weighted by Crippen LogP contribution is -2.25. The molecule has 0 fully saturated rings. The SMILES string of the molecule is COCCCNC(=O)c1cc(NS(=O)(=O)c2ccccc2)ccc1Cl. The van der Waals surface area contributed by atoms with E-state index in [0.29, 0.717) is 19.6 Å². The molecule has 0 bridgehead atoms. The lowest BCUT2D eigenvalue weighted by molar-refractivity contribution is 0.0949. The number of hydrogen-bond donors (Lipinski definition) is 2. The molecule has 0 aliphatic rings. The van der Waals surface area contributed by atoms with Gasteiger partial charge in [0.1, 0.15) is 0 Å². The monoisotopic (exact) mass is 382 g/mol. The van der Waals surface area contributed by atoms with Gasteiger partial charge in [0.25, 0.3) is 15.9 Å². The van der Waals surface area contributed by atoms with E-state index in [4.69, 9.17) is 16.3 Å². The van der Waals surface area contributed by atoms with Gasteiger partial charge in [-0.25, -0.2) is 8.42 Å². The highest BCUT2D eigenvalue weighted by atomic mass is 35.5. The average Bonchev–Trinajstić information content (AvgIpc) is 2.61. The van der Waals surface area contributed by atoms with Crippen molar-refractivity contribution in [3.8, 4) is 0 Å². The number of anilines is 1. The summed E-state index contributed by atoms with van der Waals surface area (Å²) in [6, 6.07) is 12.4. The zero-order valence-electron chi connectivity index (χ0n) is 13.7. The normalized spacial score (nSPS) is 11.1. The zero-order valence-corrected chi connectivity index (χ0v) is 15.2. The van der Waals surface area contributed by atoms with Crippen molar-refractivity contribution in [1.82, 2.24) is 5.32 Å². The predicted molar refractivity (Wildman–Crippen MR) is 97.5 cm³/mol. The number of sulfonamides is 1. The summed E-state index contributed by atoms with van der Waals surface area (Å²) in [5.74, 6) is -0.373. The quantitative estimate of drug-likeness (QED) is 0.687. The van der Waals surface area contributed by atoms with Crippen LogP contribution in [0.4, 0.5) is 5.69 Å². The van der Waals surface area contributed by atoms with Gasteiger partial charge in [-0.05, 0) is 36.8 Å². The van der Waals surface area contributed by atoms with Gasteiger partial charge in [-0.1, -0.05) is 29.8 Å². The van der Waals surface area contributed by atoms with Gasteiger partial charge < -0.3 is 10.1 Å². The second kappa shape index (κ2) is 8.84. The van der Waals surface area contributed by atoms with Gasteiger partial charge in [0, 0.05) is 25.9 Å². The van der Waals surface area contributed by atoms with Crippen molar-refractivity contribution in [2.45, 2.75) is 11.3 Å². The molecule has 2 aromatic carbocycles. The molecular weight excluding hydrogens is 364 g/mol. The first-order valence-electron chi connectivity index (χ1n) is 7.58. The summed E-state index contributed by atoms with van der Waals surface area (Å²) in [6.45, 7) is 0.966. The Balaban J connectivity index is 2.14. The van der Waals surface area contributed by atoms with Crippen molar-refractivity contribution in [3.63, 3.8) is 0 Å².